The van der Waals surface area contributed by atoms with Crippen LogP contribution in [0.15, 0.2) is 0 Å². The van der Waals surface area contributed by atoms with E-state index in [1.165, 1.54) is 6.92 Å². The fourth-order valence-corrected chi connectivity index (χ4v) is 0.246. The van der Waals surface area contributed by atoms with Crippen LogP contribution in [0.4, 0.5) is 0 Å². The molecule has 0 rings (SSSR count). The summed E-state index contributed by atoms with van der Waals surface area (Å²) in [6.07, 6.45) is 0. The molecule has 0 saturated heterocycles. The van der Waals surface area contributed by atoms with Crippen molar-refractivity contribution >= 4 is 28.8 Å². The number of ketones is 1. The molecule has 0 aromatic carbocycles. The summed E-state index contributed by atoms with van der Waals surface area (Å²) < 4.78 is 4.75. The van der Waals surface area contributed by atoms with E-state index in [1.54, 1.807) is 0 Å². The molecule has 0 fully saturated rings. The van der Waals surface area contributed by atoms with E-state index in [2.05, 4.69) is 0 Å². The van der Waals surface area contributed by atoms with Crippen molar-refractivity contribution in [1.29, 1.82) is 0 Å². The van der Waals surface area contributed by atoms with Gasteiger partial charge in [0, 0.05) is 6.61 Å². The van der Waals surface area contributed by atoms with Crippen LogP contribution in [0.5, 0.6) is 0 Å². The van der Waals surface area contributed by atoms with Crippen molar-refractivity contribution in [3.8, 4) is 0 Å². The first-order valence-electron chi connectivity index (χ1n) is 2.34. The molecule has 2 nitrogen and oxygen atoms in total. The number of carbonyl (C=O) groups is 1. The molecule has 0 aliphatic heterocycles. The number of hydrogen-bond donors (Lipinski definition) is 0. The molecule has 0 bridgehead atoms. The van der Waals surface area contributed by atoms with Gasteiger partial charge in [-0.15, -0.1) is 0 Å². The SMILES string of the molecule is CCOCC(C)=O.[H-].[H-].[Mg+2]. The van der Waals surface area contributed by atoms with Gasteiger partial charge in [-0.2, -0.15) is 0 Å². The third-order valence-electron chi connectivity index (χ3n) is 0.509. The molecule has 8 heavy (non-hydrogen) atoms. The number of carbonyl (C=O) groups excluding carboxylic acids is 1. The molecule has 0 spiro atoms. The van der Waals surface area contributed by atoms with Crippen LogP contribution in [0, 0.1) is 0 Å². The Morgan fingerprint density at radius 3 is 2.38 bits per heavy atom. The van der Waals surface area contributed by atoms with Crippen molar-refractivity contribution in [3.63, 3.8) is 0 Å². The Morgan fingerprint density at radius 2 is 2.25 bits per heavy atom. The van der Waals surface area contributed by atoms with E-state index in [0.717, 1.165) is 0 Å². The Labute approximate surface area is 68.7 Å². The average molecular weight is 128 g/mol. The zero-order valence-electron chi connectivity index (χ0n) is 7.44. The van der Waals surface area contributed by atoms with E-state index < -0.39 is 0 Å². The molecule has 0 radical (unpaired) electrons. The largest absolute Gasteiger partial charge is 2.00 e. The second-order valence-corrected chi connectivity index (χ2v) is 1.34. The van der Waals surface area contributed by atoms with E-state index in [1.807, 2.05) is 6.92 Å². The Kier molecular flexibility index (Phi) is 10.4. The smallest absolute Gasteiger partial charge is 1.00 e. The molecule has 0 atom stereocenters. The predicted octanol–water partition coefficient (Wildman–Crippen LogP) is 0.456. The summed E-state index contributed by atoms with van der Waals surface area (Å²) in [4.78, 5) is 10.1. The summed E-state index contributed by atoms with van der Waals surface area (Å²) >= 11 is 0. The van der Waals surface area contributed by atoms with Crippen LogP contribution >= 0.6 is 0 Å². The van der Waals surface area contributed by atoms with Crippen LogP contribution in [0.2, 0.25) is 0 Å². The minimum absolute atomic E-state index is 0. The minimum atomic E-state index is 0. The van der Waals surface area contributed by atoms with Crippen molar-refractivity contribution in [2.24, 2.45) is 0 Å². The molecular weight excluding hydrogens is 116 g/mol. The molecule has 0 aromatic heterocycles. The molecular formula is C5H12MgO2. The van der Waals surface area contributed by atoms with Gasteiger partial charge in [0.25, 0.3) is 0 Å². The fraction of sp³-hybridized carbons (Fsp3) is 0.800. The van der Waals surface area contributed by atoms with E-state index >= 15 is 0 Å². The molecule has 0 aromatic rings. The molecule has 3 heteroatoms. The van der Waals surface area contributed by atoms with E-state index in [0.29, 0.717) is 6.61 Å². The molecule has 0 aliphatic rings. The summed E-state index contributed by atoms with van der Waals surface area (Å²) in [7, 11) is 0. The maximum absolute atomic E-state index is 10.1. The van der Waals surface area contributed by atoms with Gasteiger partial charge in [0.15, 0.2) is 5.78 Å². The number of Topliss-reactive ketones (excluding diaryl/α,β-unsaturated/α-hetero) is 1. The third-order valence-corrected chi connectivity index (χ3v) is 0.509. The van der Waals surface area contributed by atoms with Crippen LogP contribution < -0.4 is 0 Å². The second kappa shape index (κ2) is 7.40. The van der Waals surface area contributed by atoms with Crippen LogP contribution in [-0.2, 0) is 9.53 Å². The van der Waals surface area contributed by atoms with E-state index in [4.69, 9.17) is 4.74 Å². The van der Waals surface area contributed by atoms with Gasteiger partial charge >= 0.3 is 23.1 Å². The van der Waals surface area contributed by atoms with Crippen molar-refractivity contribution in [2.75, 3.05) is 13.2 Å². The molecule has 46 valence electrons. The molecule has 0 amide bonds. The number of ether oxygens (including phenoxy) is 1. The molecule has 0 heterocycles. The van der Waals surface area contributed by atoms with E-state index in [9.17, 15) is 4.79 Å². The predicted molar refractivity (Wildman–Crippen MR) is 35.2 cm³/mol. The summed E-state index contributed by atoms with van der Waals surface area (Å²) in [6.45, 7) is 4.26. The average Bonchev–Trinajstić information content (AvgIpc) is 1.61. The van der Waals surface area contributed by atoms with Gasteiger partial charge < -0.3 is 7.59 Å². The summed E-state index contributed by atoms with van der Waals surface area (Å²) in [5.74, 6) is 0.0850. The van der Waals surface area contributed by atoms with Gasteiger partial charge in [-0.3, -0.25) is 4.79 Å². The van der Waals surface area contributed by atoms with Crippen molar-refractivity contribution < 1.29 is 12.4 Å². The molecule has 0 saturated carbocycles. The van der Waals surface area contributed by atoms with Gasteiger partial charge in [0.1, 0.15) is 6.61 Å². The Hall–Kier alpha value is 0.396. The van der Waals surface area contributed by atoms with Crippen molar-refractivity contribution in [3.05, 3.63) is 0 Å². The van der Waals surface area contributed by atoms with Crippen LogP contribution in [0.3, 0.4) is 0 Å². The Balaban J connectivity index is -0.0000000600. The molecule has 0 aliphatic carbocycles. The quantitative estimate of drug-likeness (QED) is 0.516. The first-order valence-corrected chi connectivity index (χ1v) is 2.34. The summed E-state index contributed by atoms with van der Waals surface area (Å²) in [6, 6.07) is 0. The second-order valence-electron chi connectivity index (χ2n) is 1.34. The zero-order chi connectivity index (χ0) is 5.70. The normalized spacial score (nSPS) is 7.75. The maximum atomic E-state index is 10.1. The Bertz CT molecular complexity index is 70.7. The minimum Gasteiger partial charge on any atom is -1.00 e. The summed E-state index contributed by atoms with van der Waals surface area (Å²) in [5.41, 5.74) is 0. The molecule has 0 unspecified atom stereocenters. The topological polar surface area (TPSA) is 26.3 Å². The Morgan fingerprint density at radius 1 is 1.75 bits per heavy atom. The maximum Gasteiger partial charge on any atom is 2.00 e. The standard InChI is InChI=1S/C5H10O2.Mg.2H/c1-3-7-4-5(2)6;;;/h3-4H2,1-2H3;;;/q;+2;2*-1. The van der Waals surface area contributed by atoms with Gasteiger partial charge in [0.2, 0.25) is 0 Å². The third kappa shape index (κ3) is 9.64. The van der Waals surface area contributed by atoms with Crippen LogP contribution in [-0.4, -0.2) is 42.0 Å². The zero-order valence-corrected chi connectivity index (χ0v) is 6.85. The van der Waals surface area contributed by atoms with Gasteiger partial charge in [-0.05, 0) is 13.8 Å². The van der Waals surface area contributed by atoms with E-state index in [-0.39, 0.29) is 38.3 Å². The van der Waals surface area contributed by atoms with Crippen molar-refractivity contribution in [1.82, 2.24) is 0 Å². The van der Waals surface area contributed by atoms with Gasteiger partial charge in [-0.25, -0.2) is 0 Å². The number of hydrogen-bond acceptors (Lipinski definition) is 2. The monoisotopic (exact) mass is 128 g/mol. The van der Waals surface area contributed by atoms with Crippen LogP contribution in [0.1, 0.15) is 16.7 Å². The number of rotatable bonds is 3. The van der Waals surface area contributed by atoms with Crippen LogP contribution in [0.25, 0.3) is 0 Å². The first kappa shape index (κ1) is 11.2. The summed E-state index contributed by atoms with van der Waals surface area (Å²) in [5, 5.41) is 0. The van der Waals surface area contributed by atoms with Gasteiger partial charge in [-0.1, -0.05) is 0 Å². The van der Waals surface area contributed by atoms with Crippen molar-refractivity contribution in [2.45, 2.75) is 13.8 Å². The first-order chi connectivity index (χ1) is 3.27. The molecule has 0 N–H and O–H groups in total. The van der Waals surface area contributed by atoms with Gasteiger partial charge in [0.05, 0.1) is 0 Å². The fourth-order valence-electron chi connectivity index (χ4n) is 0.246.